The molecule has 5 nitrogen and oxygen atoms in total. The van der Waals surface area contributed by atoms with Crippen LogP contribution in [0.2, 0.25) is 5.02 Å². The molecule has 1 N–H and O–H groups in total. The summed E-state index contributed by atoms with van der Waals surface area (Å²) in [4.78, 5) is 13.2. The smallest absolute Gasteiger partial charge is 0.427 e. The first kappa shape index (κ1) is 25.1. The summed E-state index contributed by atoms with van der Waals surface area (Å²) in [7, 11) is 0. The number of alkyl halides is 4. The fraction of sp³-hybridized carbons (Fsp3) is 0.259. The Hall–Kier alpha value is -3.59. The topological polar surface area (TPSA) is 53.9 Å². The molecule has 1 unspecified atom stereocenters. The van der Waals surface area contributed by atoms with E-state index in [1.165, 1.54) is 11.1 Å². The molecule has 3 aromatic carbocycles. The highest BCUT2D eigenvalue weighted by atomic mass is 35.5. The summed E-state index contributed by atoms with van der Waals surface area (Å²) >= 11 is 6.05. The van der Waals surface area contributed by atoms with Gasteiger partial charge in [0.2, 0.25) is 0 Å². The van der Waals surface area contributed by atoms with Gasteiger partial charge in [0.1, 0.15) is 5.75 Å². The zero-order chi connectivity index (χ0) is 26.5. The van der Waals surface area contributed by atoms with Crippen LogP contribution in [0, 0.1) is 6.92 Å². The number of amides is 2. The maximum atomic E-state index is 14.4. The Morgan fingerprint density at radius 3 is 2.43 bits per heavy atom. The maximum Gasteiger partial charge on any atom is 0.469 e. The molecular weight excluding hydrogens is 510 g/mol. The fourth-order valence-electron chi connectivity index (χ4n) is 4.48. The number of hydrazone groups is 1. The molecule has 0 aromatic heterocycles. The van der Waals surface area contributed by atoms with Crippen molar-refractivity contribution < 1.29 is 27.1 Å². The lowest BCUT2D eigenvalue weighted by Gasteiger charge is -2.17. The van der Waals surface area contributed by atoms with Crippen LogP contribution in [-0.2, 0) is 12.3 Å². The second-order valence-corrected chi connectivity index (χ2v) is 9.46. The van der Waals surface area contributed by atoms with E-state index in [9.17, 15) is 22.4 Å². The first-order valence-electron chi connectivity index (χ1n) is 11.6. The Morgan fingerprint density at radius 2 is 1.78 bits per heavy atom. The van der Waals surface area contributed by atoms with Crippen molar-refractivity contribution in [3.8, 4) is 5.75 Å². The van der Waals surface area contributed by atoms with E-state index in [0.717, 1.165) is 22.8 Å². The third kappa shape index (κ3) is 4.41. The minimum atomic E-state index is -4.67. The summed E-state index contributed by atoms with van der Waals surface area (Å²) in [6, 6.07) is 16.4. The molecule has 2 aliphatic rings. The molecular formula is C27H22ClF4N3O2. The molecule has 0 bridgehead atoms. The van der Waals surface area contributed by atoms with E-state index in [1.54, 1.807) is 19.1 Å². The SMILES string of the molecule is CCc1cc(NC(=O)N2CC(c3ccc(Cl)cc3)C(c3ccc(C)cc3)=N2)cc2c1OC(F)(F)C2(F)F. The number of urea groups is 1. The average Bonchev–Trinajstić information content (AvgIpc) is 3.37. The standard InChI is InChI=1S/C27H22ClF4N3O2/c1-3-16-12-20(13-22-24(16)37-27(31,32)26(22,29)30)33-25(36)35-14-21(17-8-10-19(28)11-9-17)23(34-35)18-6-4-15(2)5-7-18/h4-13,21H,3,14H2,1-2H3,(H,33,36). The molecule has 5 rings (SSSR count). The number of nitrogens with zero attached hydrogens (tertiary/aromatic N) is 2. The van der Waals surface area contributed by atoms with E-state index < -0.39 is 29.4 Å². The van der Waals surface area contributed by atoms with Crippen LogP contribution in [0.5, 0.6) is 5.75 Å². The number of carbonyl (C=O) groups excluding carboxylic acids is 1. The number of carbonyl (C=O) groups is 1. The molecule has 2 amide bonds. The van der Waals surface area contributed by atoms with Crippen molar-refractivity contribution in [1.29, 1.82) is 0 Å². The molecule has 2 aliphatic heterocycles. The lowest BCUT2D eigenvalue weighted by molar-refractivity contribution is -0.296. The Kier molecular flexibility index (Phi) is 6.14. The summed E-state index contributed by atoms with van der Waals surface area (Å²) in [6.45, 7) is 3.76. The van der Waals surface area contributed by atoms with Crippen LogP contribution >= 0.6 is 11.6 Å². The number of ether oxygens (including phenoxy) is 1. The summed E-state index contributed by atoms with van der Waals surface area (Å²) in [5, 5.41) is 8.86. The Morgan fingerprint density at radius 1 is 1.11 bits per heavy atom. The molecule has 3 aromatic rings. The number of rotatable bonds is 4. The number of halogens is 5. The van der Waals surface area contributed by atoms with Crippen molar-refractivity contribution in [3.63, 3.8) is 0 Å². The van der Waals surface area contributed by atoms with Crippen molar-refractivity contribution in [2.75, 3.05) is 11.9 Å². The maximum absolute atomic E-state index is 14.4. The monoisotopic (exact) mass is 531 g/mol. The molecule has 0 aliphatic carbocycles. The van der Waals surface area contributed by atoms with Crippen LogP contribution in [-0.4, -0.2) is 29.4 Å². The van der Waals surface area contributed by atoms with Gasteiger partial charge in [0.25, 0.3) is 0 Å². The van der Waals surface area contributed by atoms with Crippen molar-refractivity contribution >= 4 is 29.0 Å². The van der Waals surface area contributed by atoms with Crippen LogP contribution < -0.4 is 10.1 Å². The molecule has 0 saturated heterocycles. The summed E-state index contributed by atoms with van der Waals surface area (Å²) in [5.74, 6) is -5.36. The average molecular weight is 532 g/mol. The van der Waals surface area contributed by atoms with Crippen LogP contribution in [0.4, 0.5) is 28.0 Å². The van der Waals surface area contributed by atoms with E-state index in [-0.39, 0.29) is 30.1 Å². The quantitative estimate of drug-likeness (QED) is 0.358. The highest BCUT2D eigenvalue weighted by Gasteiger charge is 2.67. The Bertz CT molecular complexity index is 1390. The Balaban J connectivity index is 1.46. The van der Waals surface area contributed by atoms with Gasteiger partial charge in [-0.15, -0.1) is 0 Å². The third-order valence-corrected chi connectivity index (χ3v) is 6.75. The van der Waals surface area contributed by atoms with Gasteiger partial charge in [-0.1, -0.05) is 60.5 Å². The summed E-state index contributed by atoms with van der Waals surface area (Å²) < 4.78 is 60.7. The van der Waals surface area contributed by atoms with Crippen LogP contribution in [0.25, 0.3) is 0 Å². The first-order valence-corrected chi connectivity index (χ1v) is 12.0. The Labute approximate surface area is 215 Å². The van der Waals surface area contributed by atoms with E-state index >= 15 is 0 Å². The molecule has 1 atom stereocenters. The van der Waals surface area contributed by atoms with E-state index in [4.69, 9.17) is 11.6 Å². The van der Waals surface area contributed by atoms with Gasteiger partial charge in [-0.3, -0.25) is 0 Å². The number of anilines is 1. The number of benzene rings is 3. The molecule has 37 heavy (non-hydrogen) atoms. The predicted octanol–water partition coefficient (Wildman–Crippen LogP) is 7.32. The predicted molar refractivity (Wildman–Crippen MR) is 133 cm³/mol. The van der Waals surface area contributed by atoms with Crippen LogP contribution in [0.1, 0.15) is 40.7 Å². The van der Waals surface area contributed by atoms with Crippen molar-refractivity contribution in [3.05, 3.63) is 93.5 Å². The largest absolute Gasteiger partial charge is 0.469 e. The molecule has 0 saturated carbocycles. The van der Waals surface area contributed by atoms with Crippen LogP contribution in [0.15, 0.2) is 65.8 Å². The van der Waals surface area contributed by atoms with Gasteiger partial charge in [0.15, 0.2) is 0 Å². The molecule has 0 radical (unpaired) electrons. The molecule has 0 spiro atoms. The normalized spacial score (nSPS) is 19.3. The zero-order valence-corrected chi connectivity index (χ0v) is 20.6. The molecule has 2 heterocycles. The summed E-state index contributed by atoms with van der Waals surface area (Å²) in [6.07, 6.45) is -4.52. The van der Waals surface area contributed by atoms with Crippen LogP contribution in [0.3, 0.4) is 0 Å². The summed E-state index contributed by atoms with van der Waals surface area (Å²) in [5.41, 5.74) is 2.55. The number of hydrogen-bond acceptors (Lipinski definition) is 3. The van der Waals surface area contributed by atoms with E-state index in [0.29, 0.717) is 10.7 Å². The lowest BCUT2D eigenvalue weighted by atomic mass is 9.90. The van der Waals surface area contributed by atoms with Gasteiger partial charge < -0.3 is 10.1 Å². The second kappa shape index (κ2) is 9.06. The molecule has 0 fully saturated rings. The minimum Gasteiger partial charge on any atom is -0.427 e. The van der Waals surface area contributed by atoms with E-state index in [1.807, 2.05) is 43.3 Å². The lowest BCUT2D eigenvalue weighted by Crippen LogP contribution is -2.37. The zero-order valence-electron chi connectivity index (χ0n) is 19.9. The van der Waals surface area contributed by atoms with Crippen molar-refractivity contribution in [2.24, 2.45) is 5.10 Å². The highest BCUT2D eigenvalue weighted by molar-refractivity contribution is 6.30. The number of aryl methyl sites for hydroxylation is 2. The third-order valence-electron chi connectivity index (χ3n) is 6.50. The van der Waals surface area contributed by atoms with Gasteiger partial charge in [0.05, 0.1) is 17.8 Å². The van der Waals surface area contributed by atoms with Gasteiger partial charge in [-0.2, -0.15) is 22.7 Å². The molecule has 10 heteroatoms. The fourth-order valence-corrected chi connectivity index (χ4v) is 4.61. The number of fused-ring (bicyclic) bond motifs is 1. The van der Waals surface area contributed by atoms with Crippen molar-refractivity contribution in [1.82, 2.24) is 5.01 Å². The van der Waals surface area contributed by atoms with Gasteiger partial charge >= 0.3 is 18.1 Å². The molecule has 192 valence electrons. The first-order chi connectivity index (χ1) is 17.5. The van der Waals surface area contributed by atoms with Gasteiger partial charge in [0, 0.05) is 16.6 Å². The number of nitrogens with one attached hydrogen (secondary N) is 1. The van der Waals surface area contributed by atoms with Gasteiger partial charge in [-0.05, 0) is 54.3 Å². The minimum absolute atomic E-state index is 0.0522. The van der Waals surface area contributed by atoms with E-state index in [2.05, 4.69) is 15.2 Å². The van der Waals surface area contributed by atoms with Crippen molar-refractivity contribution in [2.45, 2.75) is 38.2 Å². The second-order valence-electron chi connectivity index (χ2n) is 9.03. The number of hydrogen-bond donors (Lipinski definition) is 1. The van der Waals surface area contributed by atoms with Gasteiger partial charge in [-0.25, -0.2) is 9.80 Å². The highest BCUT2D eigenvalue weighted by Crippen LogP contribution is 2.55.